The van der Waals surface area contributed by atoms with Gasteiger partial charge in [0.1, 0.15) is 6.10 Å². The maximum Gasteiger partial charge on any atom is 0.349 e. The van der Waals surface area contributed by atoms with Gasteiger partial charge in [-0.2, -0.15) is 0 Å². The van der Waals surface area contributed by atoms with Crippen LogP contribution in [0.3, 0.4) is 0 Å². The van der Waals surface area contributed by atoms with Gasteiger partial charge >= 0.3 is 5.97 Å². The van der Waals surface area contributed by atoms with Crippen molar-refractivity contribution in [1.82, 2.24) is 0 Å². The van der Waals surface area contributed by atoms with Crippen LogP contribution in [0.2, 0.25) is 0 Å². The van der Waals surface area contributed by atoms with Crippen LogP contribution in [0.5, 0.6) is 0 Å². The highest BCUT2D eigenvalue weighted by Gasteiger charge is 2.68. The number of aliphatic hydroxyl groups is 1. The highest BCUT2D eigenvalue weighted by molar-refractivity contribution is 7.12. The summed E-state index contributed by atoms with van der Waals surface area (Å²) in [6.45, 7) is 0. The van der Waals surface area contributed by atoms with Crippen molar-refractivity contribution in [2.75, 3.05) is 14.1 Å². The van der Waals surface area contributed by atoms with E-state index in [1.165, 1.54) is 29.1 Å². The van der Waals surface area contributed by atoms with E-state index >= 15 is 0 Å². The molecule has 2 aromatic heterocycles. The molecule has 2 aliphatic heterocycles. The molecule has 5 atom stereocenters. The summed E-state index contributed by atoms with van der Waals surface area (Å²) in [7, 11) is 4.65. The molecular weight excluding hydrogens is 366 g/mol. The fourth-order valence-electron chi connectivity index (χ4n) is 5.51. The number of quaternary nitrogens is 1. The highest BCUT2D eigenvalue weighted by atomic mass is 32.1. The molecule has 138 valence electrons. The number of thiophene rings is 2. The third-order valence-corrected chi connectivity index (χ3v) is 8.88. The number of fused-ring (bicyclic) bond motifs is 5. The zero-order valence-corrected chi connectivity index (χ0v) is 16.6. The third kappa shape index (κ3) is 2.29. The maximum atomic E-state index is 13.2. The number of hydrogen-bond acceptors (Lipinski definition) is 5. The van der Waals surface area contributed by atoms with Crippen LogP contribution in [-0.2, 0) is 15.1 Å². The molecule has 2 saturated heterocycles. The van der Waals surface area contributed by atoms with Crippen LogP contribution in [0, 0.1) is 11.8 Å². The number of nitrogens with zero attached hydrogens (tertiary/aromatic N) is 1. The molecule has 1 N–H and O–H groups in total. The second kappa shape index (κ2) is 5.64. The van der Waals surface area contributed by atoms with Gasteiger partial charge in [-0.15, -0.1) is 22.7 Å². The van der Waals surface area contributed by atoms with Gasteiger partial charge in [-0.05, 0) is 29.3 Å². The molecule has 0 radical (unpaired) electrons. The van der Waals surface area contributed by atoms with Crippen molar-refractivity contribution >= 4 is 28.6 Å². The summed E-state index contributed by atoms with van der Waals surface area (Å²) in [5.74, 6) is 1.10. The monoisotopic (exact) mass is 390 g/mol. The first kappa shape index (κ1) is 16.9. The van der Waals surface area contributed by atoms with Crippen molar-refractivity contribution in [3.05, 3.63) is 44.8 Å². The summed E-state index contributed by atoms with van der Waals surface area (Å²) in [5.41, 5.74) is -1.69. The molecule has 1 aliphatic carbocycles. The lowest BCUT2D eigenvalue weighted by Crippen LogP contribution is -2.59. The van der Waals surface area contributed by atoms with E-state index < -0.39 is 11.6 Å². The lowest BCUT2D eigenvalue weighted by Gasteiger charge is -2.46. The molecule has 0 spiro atoms. The van der Waals surface area contributed by atoms with E-state index in [9.17, 15) is 9.90 Å². The van der Waals surface area contributed by atoms with E-state index in [-0.39, 0.29) is 6.10 Å². The summed E-state index contributed by atoms with van der Waals surface area (Å²) >= 11 is 2.78. The Morgan fingerprint density at radius 3 is 2.08 bits per heavy atom. The topological polar surface area (TPSA) is 46.5 Å². The van der Waals surface area contributed by atoms with Gasteiger partial charge in [0.25, 0.3) is 0 Å². The second-order valence-corrected chi connectivity index (χ2v) is 10.4. The third-order valence-electron chi connectivity index (χ3n) is 6.92. The Morgan fingerprint density at radius 2 is 1.62 bits per heavy atom. The number of piperidine rings is 2. The Labute approximate surface area is 161 Å². The minimum absolute atomic E-state index is 0.0806. The predicted octanol–water partition coefficient (Wildman–Crippen LogP) is 3.21. The number of esters is 1. The Morgan fingerprint density at radius 1 is 1.08 bits per heavy atom. The van der Waals surface area contributed by atoms with Gasteiger partial charge in [-0.25, -0.2) is 4.79 Å². The van der Waals surface area contributed by atoms with Crippen LogP contribution in [-0.4, -0.2) is 47.8 Å². The molecule has 26 heavy (non-hydrogen) atoms. The smallest absolute Gasteiger partial charge is 0.349 e. The normalized spacial score (nSPS) is 34.3. The first-order valence-corrected chi connectivity index (χ1v) is 11.0. The van der Waals surface area contributed by atoms with Crippen molar-refractivity contribution < 1.29 is 19.1 Å². The molecule has 2 bridgehead atoms. The van der Waals surface area contributed by atoms with Gasteiger partial charge in [0.2, 0.25) is 5.60 Å². The first-order valence-electron chi connectivity index (χ1n) is 9.27. The minimum atomic E-state index is -1.69. The molecular formula is C20H24NO3S2+. The lowest BCUT2D eigenvalue weighted by molar-refractivity contribution is -0.937. The maximum absolute atomic E-state index is 13.2. The largest absolute Gasteiger partial charge is 0.459 e. The van der Waals surface area contributed by atoms with Gasteiger partial charge in [0.15, 0.2) is 0 Å². The molecule has 5 rings (SSSR count). The van der Waals surface area contributed by atoms with E-state index in [1.807, 2.05) is 35.0 Å². The number of ether oxygens (including phenoxy) is 1. The average Bonchev–Trinajstić information content (AvgIpc) is 2.98. The van der Waals surface area contributed by atoms with Crippen molar-refractivity contribution in [2.45, 2.75) is 43.1 Å². The molecule has 3 fully saturated rings. The van der Waals surface area contributed by atoms with Crippen LogP contribution >= 0.6 is 22.7 Å². The van der Waals surface area contributed by atoms with Gasteiger partial charge < -0.3 is 14.3 Å². The van der Waals surface area contributed by atoms with Gasteiger partial charge in [0.05, 0.1) is 35.9 Å². The number of carbonyl (C=O) groups is 1. The molecule has 0 aromatic carbocycles. The Balaban J connectivity index is 1.40. The van der Waals surface area contributed by atoms with E-state index in [4.69, 9.17) is 4.74 Å². The van der Waals surface area contributed by atoms with E-state index in [1.54, 1.807) is 0 Å². The van der Waals surface area contributed by atoms with Gasteiger partial charge in [0, 0.05) is 24.7 Å². The summed E-state index contributed by atoms with van der Waals surface area (Å²) in [6.07, 6.45) is 3.11. The van der Waals surface area contributed by atoms with Crippen molar-refractivity contribution in [3.63, 3.8) is 0 Å². The zero-order valence-electron chi connectivity index (χ0n) is 15.0. The number of rotatable bonds is 4. The van der Waals surface area contributed by atoms with E-state index in [0.717, 1.165) is 29.2 Å². The van der Waals surface area contributed by atoms with Crippen LogP contribution < -0.4 is 0 Å². The van der Waals surface area contributed by atoms with Gasteiger partial charge in [-0.1, -0.05) is 12.1 Å². The van der Waals surface area contributed by atoms with E-state index in [0.29, 0.717) is 21.8 Å². The average molecular weight is 391 g/mol. The standard InChI is InChI=1S/C20H24NO3S2/c1-21(2)15-9-12(10-16(21)14-11-13(14)15)24-19(22)20(23,17-5-3-7-25-17)18-6-4-8-26-18/h3-8,12-16,23H,9-11H2,1-2H3/q+1/t12-,13+,14-,15-,16+. The van der Waals surface area contributed by atoms with Gasteiger partial charge in [-0.3, -0.25) is 0 Å². The van der Waals surface area contributed by atoms with Crippen molar-refractivity contribution in [2.24, 2.45) is 11.8 Å². The molecule has 2 aromatic rings. The molecule has 0 unspecified atom stereocenters. The van der Waals surface area contributed by atoms with Crippen LogP contribution in [0.1, 0.15) is 29.0 Å². The highest BCUT2D eigenvalue weighted by Crippen LogP contribution is 2.61. The molecule has 3 aliphatic rings. The molecule has 4 heterocycles. The second-order valence-electron chi connectivity index (χ2n) is 8.49. The fraction of sp³-hybridized carbons (Fsp3) is 0.550. The Hall–Kier alpha value is -1.21. The number of hydrogen-bond donors (Lipinski definition) is 1. The molecule has 0 amide bonds. The lowest BCUT2D eigenvalue weighted by atomic mass is 9.92. The Kier molecular flexibility index (Phi) is 3.67. The predicted molar refractivity (Wildman–Crippen MR) is 102 cm³/mol. The van der Waals surface area contributed by atoms with Crippen LogP contribution in [0.15, 0.2) is 35.0 Å². The van der Waals surface area contributed by atoms with Crippen molar-refractivity contribution in [3.8, 4) is 0 Å². The SMILES string of the molecule is C[N+]1(C)[C@@H]2C[C@@H](OC(=O)C(O)(c3cccs3)c3cccs3)C[C@H]1[C@@H]1C[C@@H]12. The Bertz CT molecular complexity index is 760. The van der Waals surface area contributed by atoms with E-state index in [2.05, 4.69) is 14.1 Å². The van der Waals surface area contributed by atoms with Crippen molar-refractivity contribution in [1.29, 1.82) is 0 Å². The summed E-state index contributed by atoms with van der Waals surface area (Å²) in [4.78, 5) is 14.4. The quantitative estimate of drug-likeness (QED) is 0.644. The minimum Gasteiger partial charge on any atom is -0.459 e. The van der Waals surface area contributed by atoms with Crippen LogP contribution in [0.4, 0.5) is 0 Å². The number of carbonyl (C=O) groups excluding carboxylic acids is 1. The molecule has 4 nitrogen and oxygen atoms in total. The first-order chi connectivity index (χ1) is 12.4. The van der Waals surface area contributed by atoms with Crippen LogP contribution in [0.25, 0.3) is 0 Å². The summed E-state index contributed by atoms with van der Waals surface area (Å²) in [6, 6.07) is 8.53. The molecule has 6 heteroatoms. The summed E-state index contributed by atoms with van der Waals surface area (Å²) < 4.78 is 7.03. The summed E-state index contributed by atoms with van der Waals surface area (Å²) in [5, 5.41) is 15.2. The fourth-order valence-corrected chi connectivity index (χ4v) is 7.22. The molecule has 1 saturated carbocycles. The zero-order chi connectivity index (χ0) is 18.1.